The van der Waals surface area contributed by atoms with Gasteiger partial charge in [0.15, 0.2) is 11.5 Å². The third-order valence-corrected chi connectivity index (χ3v) is 4.12. The van der Waals surface area contributed by atoms with Gasteiger partial charge < -0.3 is 18.9 Å². The molecular weight excluding hydrogens is 431 g/mol. The summed E-state index contributed by atoms with van der Waals surface area (Å²) < 4.78 is 35.2. The highest BCUT2D eigenvalue weighted by atomic mass is 19.1. The van der Waals surface area contributed by atoms with Crippen molar-refractivity contribution in [2.24, 2.45) is 0 Å². The third kappa shape index (κ3) is 6.72. The molecule has 0 saturated carbocycles. The van der Waals surface area contributed by atoms with Crippen LogP contribution in [0.4, 0.5) is 4.39 Å². The standard InChI is InChI=1S/C25H23FO7/c1-14(2)23(27)31-18-8-9-19(20(26)12-18)17-7-10-21(32-24(28)15(3)4)22(11-17)33-25(29)16(5)13-30-6/h7-12H,1,3,5,13H2,2,4,6H3. The molecule has 0 radical (unpaired) electrons. The lowest BCUT2D eigenvalue weighted by Gasteiger charge is -2.14. The summed E-state index contributed by atoms with van der Waals surface area (Å²) >= 11 is 0. The van der Waals surface area contributed by atoms with Crippen LogP contribution in [0, 0.1) is 5.82 Å². The first kappa shape index (κ1) is 25.2. The van der Waals surface area contributed by atoms with E-state index in [1.165, 1.54) is 51.3 Å². The number of halogens is 1. The Kier molecular flexibility index (Phi) is 8.42. The molecule has 0 aliphatic rings. The first-order chi connectivity index (χ1) is 15.5. The molecule has 0 aliphatic heterocycles. The molecule has 0 amide bonds. The van der Waals surface area contributed by atoms with Gasteiger partial charge in [0.2, 0.25) is 0 Å². The molecule has 2 aromatic rings. The molecule has 0 aromatic heterocycles. The minimum atomic E-state index is -0.816. The number of carbonyl (C=O) groups excluding carboxylic acids is 3. The molecule has 33 heavy (non-hydrogen) atoms. The molecule has 7 nitrogen and oxygen atoms in total. The summed E-state index contributed by atoms with van der Waals surface area (Å²) in [6, 6.07) is 7.99. The Labute approximate surface area is 190 Å². The highest BCUT2D eigenvalue weighted by molar-refractivity contribution is 5.92. The van der Waals surface area contributed by atoms with Gasteiger partial charge in [0, 0.05) is 29.9 Å². The molecule has 0 aliphatic carbocycles. The summed E-state index contributed by atoms with van der Waals surface area (Å²) in [7, 11) is 1.39. The lowest BCUT2D eigenvalue weighted by atomic mass is 10.0. The zero-order valence-electron chi connectivity index (χ0n) is 18.5. The fourth-order valence-corrected chi connectivity index (χ4v) is 2.42. The summed E-state index contributed by atoms with van der Waals surface area (Å²) in [5.41, 5.74) is 0.749. The molecule has 0 heterocycles. The van der Waals surface area contributed by atoms with Gasteiger partial charge in [-0.05, 0) is 43.7 Å². The van der Waals surface area contributed by atoms with E-state index in [-0.39, 0.29) is 46.1 Å². The zero-order chi connectivity index (χ0) is 24.7. The number of hydrogen-bond acceptors (Lipinski definition) is 7. The van der Waals surface area contributed by atoms with Crippen LogP contribution in [0.25, 0.3) is 11.1 Å². The Bertz CT molecular complexity index is 1150. The van der Waals surface area contributed by atoms with Gasteiger partial charge in [-0.3, -0.25) is 0 Å². The minimum Gasteiger partial charge on any atom is -0.423 e. The Morgan fingerprint density at radius 3 is 2.00 bits per heavy atom. The third-order valence-electron chi connectivity index (χ3n) is 4.12. The number of ether oxygens (including phenoxy) is 4. The Hall–Kier alpha value is -4.04. The second kappa shape index (κ2) is 11.0. The summed E-state index contributed by atoms with van der Waals surface area (Å²) in [6.45, 7) is 13.4. The minimum absolute atomic E-state index is 0.00113. The topological polar surface area (TPSA) is 88.1 Å². The number of hydrogen-bond donors (Lipinski definition) is 0. The molecule has 2 aromatic carbocycles. The van der Waals surface area contributed by atoms with E-state index in [0.29, 0.717) is 5.56 Å². The van der Waals surface area contributed by atoms with Crippen molar-refractivity contribution in [2.75, 3.05) is 13.7 Å². The van der Waals surface area contributed by atoms with Crippen molar-refractivity contribution in [1.29, 1.82) is 0 Å². The van der Waals surface area contributed by atoms with Crippen LogP contribution in [0.15, 0.2) is 72.9 Å². The van der Waals surface area contributed by atoms with Crippen LogP contribution >= 0.6 is 0 Å². The van der Waals surface area contributed by atoms with Crippen molar-refractivity contribution >= 4 is 17.9 Å². The van der Waals surface area contributed by atoms with Gasteiger partial charge in [-0.15, -0.1) is 0 Å². The lowest BCUT2D eigenvalue weighted by Crippen LogP contribution is -2.16. The fourth-order valence-electron chi connectivity index (χ4n) is 2.42. The molecular formula is C25H23FO7. The molecule has 0 spiro atoms. The van der Waals surface area contributed by atoms with E-state index < -0.39 is 23.7 Å². The van der Waals surface area contributed by atoms with E-state index in [2.05, 4.69) is 19.7 Å². The van der Waals surface area contributed by atoms with Crippen molar-refractivity contribution < 1.29 is 37.7 Å². The molecule has 172 valence electrons. The van der Waals surface area contributed by atoms with E-state index >= 15 is 0 Å². The van der Waals surface area contributed by atoms with Gasteiger partial charge in [0.1, 0.15) is 11.6 Å². The van der Waals surface area contributed by atoms with Crippen molar-refractivity contribution in [3.05, 3.63) is 78.7 Å². The fraction of sp³-hybridized carbons (Fsp3) is 0.160. The number of benzene rings is 2. The van der Waals surface area contributed by atoms with Crippen molar-refractivity contribution in [2.45, 2.75) is 13.8 Å². The van der Waals surface area contributed by atoms with E-state index in [1.807, 2.05) is 0 Å². The average molecular weight is 454 g/mol. The van der Waals surface area contributed by atoms with Crippen LogP contribution in [0.3, 0.4) is 0 Å². The number of carbonyl (C=O) groups is 3. The predicted molar refractivity (Wildman–Crippen MR) is 119 cm³/mol. The molecule has 0 unspecified atom stereocenters. The monoisotopic (exact) mass is 454 g/mol. The quantitative estimate of drug-likeness (QED) is 0.312. The van der Waals surface area contributed by atoms with Crippen LogP contribution in [0.5, 0.6) is 17.2 Å². The van der Waals surface area contributed by atoms with Crippen LogP contribution < -0.4 is 14.2 Å². The van der Waals surface area contributed by atoms with E-state index in [9.17, 15) is 18.8 Å². The molecule has 0 saturated heterocycles. The maximum atomic E-state index is 14.8. The van der Waals surface area contributed by atoms with Crippen molar-refractivity contribution in [3.63, 3.8) is 0 Å². The van der Waals surface area contributed by atoms with Crippen LogP contribution in [0.2, 0.25) is 0 Å². The van der Waals surface area contributed by atoms with Crippen LogP contribution in [-0.4, -0.2) is 31.6 Å². The smallest absolute Gasteiger partial charge is 0.341 e. The Morgan fingerprint density at radius 1 is 0.818 bits per heavy atom. The number of esters is 3. The maximum Gasteiger partial charge on any atom is 0.341 e. The number of methoxy groups -OCH3 is 1. The largest absolute Gasteiger partial charge is 0.423 e. The Balaban J connectivity index is 2.43. The number of rotatable bonds is 9. The van der Waals surface area contributed by atoms with Crippen LogP contribution in [-0.2, 0) is 19.1 Å². The summed E-state index contributed by atoms with van der Waals surface area (Å²) in [6.07, 6.45) is 0. The average Bonchev–Trinajstić information content (AvgIpc) is 2.75. The van der Waals surface area contributed by atoms with E-state index in [1.54, 1.807) is 0 Å². The lowest BCUT2D eigenvalue weighted by molar-refractivity contribution is -0.133. The van der Waals surface area contributed by atoms with E-state index in [0.717, 1.165) is 6.07 Å². The second-order valence-electron chi connectivity index (χ2n) is 7.07. The predicted octanol–water partition coefficient (Wildman–Crippen LogP) is 4.56. The summed E-state index contributed by atoms with van der Waals surface area (Å²) in [5.74, 6) is -3.14. The molecule has 0 bridgehead atoms. The zero-order valence-corrected chi connectivity index (χ0v) is 18.5. The molecule has 0 N–H and O–H groups in total. The SMILES string of the molecule is C=C(C)C(=O)Oc1ccc(-c2ccc(OC(=O)C(=C)C)c(OC(=O)C(=C)COC)c2)c(F)c1. The molecule has 8 heteroatoms. The van der Waals surface area contributed by atoms with Crippen LogP contribution in [0.1, 0.15) is 13.8 Å². The van der Waals surface area contributed by atoms with E-state index in [4.69, 9.17) is 18.9 Å². The van der Waals surface area contributed by atoms with Gasteiger partial charge in [0.25, 0.3) is 0 Å². The summed E-state index contributed by atoms with van der Waals surface area (Å²) in [4.78, 5) is 35.9. The molecule has 0 fully saturated rings. The van der Waals surface area contributed by atoms with Gasteiger partial charge in [-0.1, -0.05) is 25.8 Å². The van der Waals surface area contributed by atoms with Gasteiger partial charge in [-0.25, -0.2) is 18.8 Å². The summed E-state index contributed by atoms with van der Waals surface area (Å²) in [5, 5.41) is 0. The highest BCUT2D eigenvalue weighted by Crippen LogP contribution is 2.35. The van der Waals surface area contributed by atoms with Gasteiger partial charge >= 0.3 is 17.9 Å². The first-order valence-electron chi connectivity index (χ1n) is 9.61. The maximum absolute atomic E-state index is 14.8. The molecule has 0 atom stereocenters. The first-order valence-corrected chi connectivity index (χ1v) is 9.61. The van der Waals surface area contributed by atoms with Crippen molar-refractivity contribution in [1.82, 2.24) is 0 Å². The van der Waals surface area contributed by atoms with Gasteiger partial charge in [0.05, 0.1) is 12.2 Å². The van der Waals surface area contributed by atoms with Crippen molar-refractivity contribution in [3.8, 4) is 28.4 Å². The molecule has 2 rings (SSSR count). The highest BCUT2D eigenvalue weighted by Gasteiger charge is 2.19. The second-order valence-corrected chi connectivity index (χ2v) is 7.07. The van der Waals surface area contributed by atoms with Gasteiger partial charge in [-0.2, -0.15) is 0 Å². The Morgan fingerprint density at radius 2 is 1.42 bits per heavy atom. The normalized spacial score (nSPS) is 10.2.